The smallest absolute Gasteiger partial charge is 0.236 e. The van der Waals surface area contributed by atoms with Gasteiger partial charge in [0.1, 0.15) is 0 Å². The van der Waals surface area contributed by atoms with E-state index in [2.05, 4.69) is 22.1 Å². The van der Waals surface area contributed by atoms with Crippen LogP contribution < -0.4 is 5.32 Å². The molecule has 0 saturated carbocycles. The molecule has 1 unspecified atom stereocenters. The molecule has 0 bridgehead atoms. The molecule has 1 saturated heterocycles. The number of likely N-dealkylation sites (N-methyl/N-ethyl adjacent to an activating group) is 2. The molecule has 1 aromatic rings. The van der Waals surface area contributed by atoms with E-state index in [0.29, 0.717) is 32.6 Å². The SMILES string of the molecule is CCN(Cc1ccncc1)CC1(O)CCN(C(=O)CNC)C1. The number of β-amino-alcohol motifs (C(OH)–C–C–N with tert-alkyl or cyclic N) is 1. The molecule has 1 aromatic heterocycles. The van der Waals surface area contributed by atoms with E-state index in [0.717, 1.165) is 13.1 Å². The van der Waals surface area contributed by atoms with Gasteiger partial charge in [-0.2, -0.15) is 0 Å². The van der Waals surface area contributed by atoms with Crippen molar-refractivity contribution in [1.82, 2.24) is 20.1 Å². The van der Waals surface area contributed by atoms with E-state index >= 15 is 0 Å². The summed E-state index contributed by atoms with van der Waals surface area (Å²) in [6.07, 6.45) is 4.20. The number of hydrogen-bond acceptors (Lipinski definition) is 5. The Kier molecular flexibility index (Phi) is 5.88. The highest BCUT2D eigenvalue weighted by molar-refractivity contribution is 5.78. The van der Waals surface area contributed by atoms with Crippen molar-refractivity contribution in [1.29, 1.82) is 0 Å². The van der Waals surface area contributed by atoms with Gasteiger partial charge in [-0.3, -0.25) is 14.7 Å². The van der Waals surface area contributed by atoms with Crippen LogP contribution in [0.4, 0.5) is 0 Å². The van der Waals surface area contributed by atoms with Crippen molar-refractivity contribution in [2.45, 2.75) is 25.5 Å². The summed E-state index contributed by atoms with van der Waals surface area (Å²) in [7, 11) is 1.76. The molecule has 2 heterocycles. The van der Waals surface area contributed by atoms with Crippen LogP contribution >= 0.6 is 0 Å². The topological polar surface area (TPSA) is 68.7 Å². The molecule has 6 heteroatoms. The van der Waals surface area contributed by atoms with Crippen molar-refractivity contribution in [3.8, 4) is 0 Å². The summed E-state index contributed by atoms with van der Waals surface area (Å²) in [6, 6.07) is 3.98. The average molecular weight is 306 g/mol. The number of nitrogens with zero attached hydrogens (tertiary/aromatic N) is 3. The van der Waals surface area contributed by atoms with Gasteiger partial charge in [0, 0.05) is 32.0 Å². The van der Waals surface area contributed by atoms with Gasteiger partial charge in [0.05, 0.1) is 18.7 Å². The molecule has 0 aliphatic carbocycles. The molecule has 1 amide bonds. The minimum Gasteiger partial charge on any atom is -0.387 e. The van der Waals surface area contributed by atoms with E-state index in [4.69, 9.17) is 0 Å². The van der Waals surface area contributed by atoms with Crippen LogP contribution in [0.3, 0.4) is 0 Å². The summed E-state index contributed by atoms with van der Waals surface area (Å²) in [5.74, 6) is 0.0515. The number of carbonyl (C=O) groups excluding carboxylic acids is 1. The minimum atomic E-state index is -0.813. The Hall–Kier alpha value is -1.50. The van der Waals surface area contributed by atoms with Crippen molar-refractivity contribution in [2.75, 3.05) is 39.8 Å². The first kappa shape index (κ1) is 16.9. The molecule has 2 rings (SSSR count). The van der Waals surface area contributed by atoms with Gasteiger partial charge in [0.2, 0.25) is 5.91 Å². The molecule has 6 nitrogen and oxygen atoms in total. The number of likely N-dealkylation sites (tertiary alicyclic amines) is 1. The largest absolute Gasteiger partial charge is 0.387 e. The zero-order chi connectivity index (χ0) is 16.0. The van der Waals surface area contributed by atoms with Gasteiger partial charge in [-0.25, -0.2) is 0 Å². The summed E-state index contributed by atoms with van der Waals surface area (Å²) in [6.45, 7) is 5.67. The van der Waals surface area contributed by atoms with Gasteiger partial charge in [-0.1, -0.05) is 6.92 Å². The van der Waals surface area contributed by atoms with Crippen LogP contribution in [0.2, 0.25) is 0 Å². The molecule has 122 valence electrons. The molecular weight excluding hydrogens is 280 g/mol. The van der Waals surface area contributed by atoms with Gasteiger partial charge in [-0.05, 0) is 37.7 Å². The predicted octanol–water partition coefficient (Wildman–Crippen LogP) is 0.0863. The van der Waals surface area contributed by atoms with Crippen LogP contribution in [0, 0.1) is 0 Å². The summed E-state index contributed by atoms with van der Waals surface area (Å²) < 4.78 is 0. The number of aromatic nitrogens is 1. The third-order valence-corrected chi connectivity index (χ3v) is 4.13. The Labute approximate surface area is 132 Å². The van der Waals surface area contributed by atoms with E-state index in [9.17, 15) is 9.90 Å². The Bertz CT molecular complexity index is 482. The zero-order valence-corrected chi connectivity index (χ0v) is 13.5. The highest BCUT2D eigenvalue weighted by atomic mass is 16.3. The van der Waals surface area contributed by atoms with Crippen LogP contribution in [-0.4, -0.2) is 71.2 Å². The van der Waals surface area contributed by atoms with Crippen molar-refractivity contribution >= 4 is 5.91 Å². The van der Waals surface area contributed by atoms with Crippen LogP contribution in [0.1, 0.15) is 18.9 Å². The normalized spacial score (nSPS) is 21.5. The Balaban J connectivity index is 1.92. The van der Waals surface area contributed by atoms with Gasteiger partial charge in [0.15, 0.2) is 0 Å². The number of amides is 1. The van der Waals surface area contributed by atoms with E-state index in [1.54, 1.807) is 24.3 Å². The van der Waals surface area contributed by atoms with Crippen molar-refractivity contribution in [3.05, 3.63) is 30.1 Å². The predicted molar refractivity (Wildman–Crippen MR) is 85.3 cm³/mol. The van der Waals surface area contributed by atoms with E-state index in [1.165, 1.54) is 5.56 Å². The Morgan fingerprint density at radius 1 is 1.50 bits per heavy atom. The third kappa shape index (κ3) is 4.50. The molecule has 1 aliphatic heterocycles. The first-order valence-electron chi connectivity index (χ1n) is 7.82. The third-order valence-electron chi connectivity index (χ3n) is 4.13. The van der Waals surface area contributed by atoms with Gasteiger partial charge in [-0.15, -0.1) is 0 Å². The van der Waals surface area contributed by atoms with E-state index in [1.807, 2.05) is 12.1 Å². The van der Waals surface area contributed by atoms with Crippen LogP contribution in [0.15, 0.2) is 24.5 Å². The maximum atomic E-state index is 11.9. The van der Waals surface area contributed by atoms with E-state index < -0.39 is 5.60 Å². The highest BCUT2D eigenvalue weighted by Gasteiger charge is 2.38. The van der Waals surface area contributed by atoms with Crippen molar-refractivity contribution in [2.24, 2.45) is 0 Å². The molecule has 1 atom stereocenters. The number of carbonyl (C=O) groups is 1. The fraction of sp³-hybridized carbons (Fsp3) is 0.625. The second-order valence-corrected chi connectivity index (χ2v) is 5.98. The Morgan fingerprint density at radius 3 is 2.86 bits per heavy atom. The molecule has 0 spiro atoms. The van der Waals surface area contributed by atoms with Crippen molar-refractivity contribution in [3.63, 3.8) is 0 Å². The lowest BCUT2D eigenvalue weighted by Gasteiger charge is -2.30. The monoisotopic (exact) mass is 306 g/mol. The number of rotatable bonds is 7. The molecular formula is C16H26N4O2. The molecule has 1 aliphatic rings. The lowest BCUT2D eigenvalue weighted by atomic mass is 10.0. The quantitative estimate of drug-likeness (QED) is 0.747. The van der Waals surface area contributed by atoms with Gasteiger partial charge >= 0.3 is 0 Å². The fourth-order valence-electron chi connectivity index (χ4n) is 2.90. The molecule has 2 N–H and O–H groups in total. The minimum absolute atomic E-state index is 0.0515. The molecule has 1 fully saturated rings. The number of aliphatic hydroxyl groups is 1. The second kappa shape index (κ2) is 7.67. The molecule has 0 aromatic carbocycles. The summed E-state index contributed by atoms with van der Waals surface area (Å²) in [5, 5.41) is 13.7. The maximum Gasteiger partial charge on any atom is 0.236 e. The van der Waals surface area contributed by atoms with Crippen LogP contribution in [0.25, 0.3) is 0 Å². The lowest BCUT2D eigenvalue weighted by molar-refractivity contribution is -0.130. The summed E-state index contributed by atoms with van der Waals surface area (Å²) in [5.41, 5.74) is 0.369. The maximum absolute atomic E-state index is 11.9. The number of hydrogen-bond donors (Lipinski definition) is 2. The Morgan fingerprint density at radius 2 is 2.23 bits per heavy atom. The second-order valence-electron chi connectivity index (χ2n) is 5.98. The standard InChI is InChI=1S/C16H26N4O2/c1-3-19(11-14-4-7-18-8-5-14)12-16(22)6-9-20(13-16)15(21)10-17-2/h4-5,7-8,17,22H,3,6,9-13H2,1-2H3. The van der Waals surface area contributed by atoms with Crippen molar-refractivity contribution < 1.29 is 9.90 Å². The zero-order valence-electron chi connectivity index (χ0n) is 13.5. The molecule has 0 radical (unpaired) electrons. The van der Waals surface area contributed by atoms with Gasteiger partial charge < -0.3 is 15.3 Å². The number of nitrogens with one attached hydrogen (secondary N) is 1. The summed E-state index contributed by atoms with van der Waals surface area (Å²) >= 11 is 0. The molecule has 22 heavy (non-hydrogen) atoms. The van der Waals surface area contributed by atoms with Crippen LogP contribution in [-0.2, 0) is 11.3 Å². The number of pyridine rings is 1. The lowest BCUT2D eigenvalue weighted by Crippen LogP contribution is -2.46. The average Bonchev–Trinajstić information content (AvgIpc) is 2.90. The summed E-state index contributed by atoms with van der Waals surface area (Å²) in [4.78, 5) is 19.9. The van der Waals surface area contributed by atoms with Gasteiger partial charge in [0.25, 0.3) is 0 Å². The van der Waals surface area contributed by atoms with Crippen LogP contribution in [0.5, 0.6) is 0 Å². The highest BCUT2D eigenvalue weighted by Crippen LogP contribution is 2.23. The first-order valence-corrected chi connectivity index (χ1v) is 7.82. The first-order chi connectivity index (χ1) is 10.6. The van der Waals surface area contributed by atoms with E-state index in [-0.39, 0.29) is 5.91 Å². The fourth-order valence-corrected chi connectivity index (χ4v) is 2.90.